The van der Waals surface area contributed by atoms with Gasteiger partial charge >= 0.3 is 0 Å². The maximum absolute atomic E-state index is 12.1. The first-order valence-corrected chi connectivity index (χ1v) is 9.13. The summed E-state index contributed by atoms with van der Waals surface area (Å²) in [6.45, 7) is 2.54. The summed E-state index contributed by atoms with van der Waals surface area (Å²) < 4.78 is 5.38. The summed E-state index contributed by atoms with van der Waals surface area (Å²) in [5, 5.41) is 11.9. The smallest absolute Gasteiger partial charge is 0.234 e. The molecule has 6 nitrogen and oxygen atoms in total. The second-order valence-electron chi connectivity index (χ2n) is 5.29. The Bertz CT molecular complexity index is 840. The first kappa shape index (κ1) is 17.9. The lowest BCUT2D eigenvalue weighted by molar-refractivity contribution is -0.113. The third-order valence-electron chi connectivity index (χ3n) is 3.42. The van der Waals surface area contributed by atoms with Crippen molar-refractivity contribution in [2.75, 3.05) is 17.7 Å². The molecule has 1 aromatic carbocycles. The van der Waals surface area contributed by atoms with Gasteiger partial charge in [-0.3, -0.25) is 9.78 Å². The molecule has 0 saturated heterocycles. The molecule has 0 atom stereocenters. The molecule has 1 amide bonds. The summed E-state index contributed by atoms with van der Waals surface area (Å²) in [6.07, 6.45) is 3.43. The van der Waals surface area contributed by atoms with Gasteiger partial charge in [-0.2, -0.15) is 0 Å². The number of rotatable bonds is 7. The van der Waals surface area contributed by atoms with E-state index in [0.717, 1.165) is 22.7 Å². The Morgan fingerprint density at radius 1 is 1.04 bits per heavy atom. The average molecular weight is 366 g/mol. The van der Waals surface area contributed by atoms with Crippen molar-refractivity contribution in [3.8, 4) is 17.0 Å². The quantitative estimate of drug-likeness (QED) is 0.643. The van der Waals surface area contributed by atoms with Crippen molar-refractivity contribution in [2.24, 2.45) is 0 Å². The summed E-state index contributed by atoms with van der Waals surface area (Å²) in [7, 11) is 0. The zero-order valence-corrected chi connectivity index (χ0v) is 15.1. The molecular weight excluding hydrogens is 348 g/mol. The van der Waals surface area contributed by atoms with Gasteiger partial charge in [0.1, 0.15) is 10.8 Å². The molecular formula is C19H18N4O2S. The number of thioether (sulfide) groups is 1. The molecule has 0 bridgehead atoms. The molecule has 0 aliphatic carbocycles. The van der Waals surface area contributed by atoms with Gasteiger partial charge in [-0.25, -0.2) is 0 Å². The number of benzene rings is 1. The molecule has 132 valence electrons. The number of carbonyl (C=O) groups is 1. The Morgan fingerprint density at radius 3 is 2.46 bits per heavy atom. The Morgan fingerprint density at radius 2 is 1.81 bits per heavy atom. The van der Waals surface area contributed by atoms with Crippen molar-refractivity contribution in [2.45, 2.75) is 11.9 Å². The number of amides is 1. The minimum absolute atomic E-state index is 0.0980. The van der Waals surface area contributed by atoms with E-state index in [0.29, 0.717) is 11.6 Å². The van der Waals surface area contributed by atoms with Crippen LogP contribution in [0.1, 0.15) is 6.92 Å². The van der Waals surface area contributed by atoms with Crippen LogP contribution in [0.5, 0.6) is 5.75 Å². The fourth-order valence-electron chi connectivity index (χ4n) is 2.21. The Balaban J connectivity index is 1.51. The van der Waals surface area contributed by atoms with Crippen LogP contribution in [0.3, 0.4) is 0 Å². The van der Waals surface area contributed by atoms with Crippen LogP contribution < -0.4 is 10.1 Å². The highest BCUT2D eigenvalue weighted by Crippen LogP contribution is 2.20. The lowest BCUT2D eigenvalue weighted by atomic mass is 10.2. The molecule has 0 spiro atoms. The van der Waals surface area contributed by atoms with E-state index in [1.54, 1.807) is 12.4 Å². The molecule has 1 N–H and O–H groups in total. The fourth-order valence-corrected chi connectivity index (χ4v) is 2.83. The van der Waals surface area contributed by atoms with Crippen molar-refractivity contribution in [3.63, 3.8) is 0 Å². The van der Waals surface area contributed by atoms with E-state index < -0.39 is 0 Å². The maximum atomic E-state index is 12.1. The van der Waals surface area contributed by atoms with Gasteiger partial charge in [0, 0.05) is 23.6 Å². The van der Waals surface area contributed by atoms with E-state index in [-0.39, 0.29) is 11.7 Å². The van der Waals surface area contributed by atoms with Crippen LogP contribution in [0, 0.1) is 0 Å². The highest BCUT2D eigenvalue weighted by Gasteiger charge is 2.06. The zero-order valence-electron chi connectivity index (χ0n) is 14.3. The predicted molar refractivity (Wildman–Crippen MR) is 102 cm³/mol. The lowest BCUT2D eigenvalue weighted by Gasteiger charge is -2.07. The monoisotopic (exact) mass is 366 g/mol. The van der Waals surface area contributed by atoms with Gasteiger partial charge in [0.2, 0.25) is 5.91 Å². The third-order valence-corrected chi connectivity index (χ3v) is 4.34. The molecule has 0 aliphatic rings. The summed E-state index contributed by atoms with van der Waals surface area (Å²) in [6, 6.07) is 14.8. The van der Waals surface area contributed by atoms with Gasteiger partial charge in [-0.15, -0.1) is 10.2 Å². The number of hydrogen-bond donors (Lipinski definition) is 1. The van der Waals surface area contributed by atoms with Gasteiger partial charge in [0.25, 0.3) is 0 Å². The predicted octanol–water partition coefficient (Wildman–Crippen LogP) is 3.67. The van der Waals surface area contributed by atoms with Crippen molar-refractivity contribution in [3.05, 3.63) is 60.9 Å². The van der Waals surface area contributed by atoms with Crippen LogP contribution in [-0.2, 0) is 4.79 Å². The van der Waals surface area contributed by atoms with Crippen LogP contribution in [0.15, 0.2) is 66.0 Å². The number of ether oxygens (including phenoxy) is 1. The average Bonchev–Trinajstić information content (AvgIpc) is 2.69. The number of hydrogen-bond acceptors (Lipinski definition) is 6. The summed E-state index contributed by atoms with van der Waals surface area (Å²) >= 11 is 1.34. The van der Waals surface area contributed by atoms with E-state index in [4.69, 9.17) is 4.74 Å². The van der Waals surface area contributed by atoms with Crippen LogP contribution >= 0.6 is 11.8 Å². The number of carbonyl (C=O) groups excluding carboxylic acids is 1. The number of nitrogens with zero attached hydrogens (tertiary/aromatic N) is 3. The van der Waals surface area contributed by atoms with E-state index in [9.17, 15) is 4.79 Å². The van der Waals surface area contributed by atoms with Gasteiger partial charge < -0.3 is 10.1 Å². The molecule has 0 saturated carbocycles. The van der Waals surface area contributed by atoms with Crippen molar-refractivity contribution < 1.29 is 9.53 Å². The van der Waals surface area contributed by atoms with E-state index in [1.807, 2.05) is 55.5 Å². The minimum atomic E-state index is -0.0980. The molecule has 0 aliphatic heterocycles. The van der Waals surface area contributed by atoms with E-state index in [1.165, 1.54) is 11.8 Å². The summed E-state index contributed by atoms with van der Waals surface area (Å²) in [5.74, 6) is 0.944. The fraction of sp³-hybridized carbons (Fsp3) is 0.158. The second kappa shape index (κ2) is 8.96. The molecule has 7 heteroatoms. The topological polar surface area (TPSA) is 77.0 Å². The van der Waals surface area contributed by atoms with Gasteiger partial charge in [0.15, 0.2) is 0 Å². The summed E-state index contributed by atoms with van der Waals surface area (Å²) in [5.41, 5.74) is 2.46. The van der Waals surface area contributed by atoms with Crippen LogP contribution in [0.4, 0.5) is 5.69 Å². The van der Waals surface area contributed by atoms with Crippen molar-refractivity contribution in [1.82, 2.24) is 15.2 Å². The largest absolute Gasteiger partial charge is 0.494 e. The Labute approximate surface area is 156 Å². The normalized spacial score (nSPS) is 10.3. The van der Waals surface area contributed by atoms with E-state index in [2.05, 4.69) is 20.5 Å². The number of nitrogens with one attached hydrogen (secondary N) is 1. The molecule has 26 heavy (non-hydrogen) atoms. The second-order valence-corrected chi connectivity index (χ2v) is 6.28. The summed E-state index contributed by atoms with van der Waals surface area (Å²) in [4.78, 5) is 16.0. The standard InChI is InChI=1S/C19H18N4O2S/c1-2-25-16-5-3-15(4-6-16)21-18(24)13-26-19-8-7-17(22-23-19)14-9-11-20-12-10-14/h3-12H,2,13H2,1H3,(H,21,24). The molecule has 2 heterocycles. The third kappa shape index (κ3) is 5.03. The minimum Gasteiger partial charge on any atom is -0.494 e. The van der Waals surface area contributed by atoms with Crippen molar-refractivity contribution >= 4 is 23.4 Å². The van der Waals surface area contributed by atoms with E-state index >= 15 is 0 Å². The maximum Gasteiger partial charge on any atom is 0.234 e. The number of aromatic nitrogens is 3. The highest BCUT2D eigenvalue weighted by molar-refractivity contribution is 7.99. The van der Waals surface area contributed by atoms with Gasteiger partial charge in [0.05, 0.1) is 18.1 Å². The van der Waals surface area contributed by atoms with Gasteiger partial charge in [-0.05, 0) is 55.5 Å². The molecule has 0 radical (unpaired) electrons. The van der Waals surface area contributed by atoms with Crippen molar-refractivity contribution in [1.29, 1.82) is 0 Å². The molecule has 0 fully saturated rings. The lowest BCUT2D eigenvalue weighted by Crippen LogP contribution is -2.14. The SMILES string of the molecule is CCOc1ccc(NC(=O)CSc2ccc(-c3ccncc3)nn2)cc1. The van der Waals surface area contributed by atoms with Gasteiger partial charge in [-0.1, -0.05) is 11.8 Å². The zero-order chi connectivity index (χ0) is 18.2. The van der Waals surface area contributed by atoms with Crippen LogP contribution in [0.2, 0.25) is 0 Å². The van der Waals surface area contributed by atoms with Crippen LogP contribution in [0.25, 0.3) is 11.3 Å². The Hall–Kier alpha value is -2.93. The van der Waals surface area contributed by atoms with Crippen LogP contribution in [-0.4, -0.2) is 33.4 Å². The Kier molecular flexibility index (Phi) is 6.16. The molecule has 2 aromatic heterocycles. The molecule has 3 rings (SSSR count). The highest BCUT2D eigenvalue weighted by atomic mass is 32.2. The first-order valence-electron chi connectivity index (χ1n) is 8.14. The number of pyridine rings is 1. The first-order chi connectivity index (χ1) is 12.7. The molecule has 3 aromatic rings. The number of anilines is 1. The molecule has 0 unspecified atom stereocenters.